The molecule has 3 aromatic rings. The number of carbonyl (C=O) groups is 1. The molecule has 1 aliphatic rings. The van der Waals surface area contributed by atoms with Gasteiger partial charge in [0.15, 0.2) is 0 Å². The minimum Gasteiger partial charge on any atom is -0.382 e. The fourth-order valence-corrected chi connectivity index (χ4v) is 4.65. The summed E-state index contributed by atoms with van der Waals surface area (Å²) in [4.78, 5) is 19.0. The first kappa shape index (κ1) is 29.4. The van der Waals surface area contributed by atoms with Crippen LogP contribution in [0.1, 0.15) is 56.1 Å². The molecule has 8 nitrogen and oxygen atoms in total. The summed E-state index contributed by atoms with van der Waals surface area (Å²) >= 11 is 0. The molecule has 3 heterocycles. The number of aromatic nitrogens is 3. The molecule has 1 saturated heterocycles. The van der Waals surface area contributed by atoms with Gasteiger partial charge in [0, 0.05) is 41.8 Å². The van der Waals surface area contributed by atoms with E-state index in [4.69, 9.17) is 0 Å². The van der Waals surface area contributed by atoms with Gasteiger partial charge in [-0.15, -0.1) is 0 Å². The van der Waals surface area contributed by atoms with Gasteiger partial charge in [-0.25, -0.2) is 4.98 Å². The molecule has 0 saturated carbocycles. The second kappa shape index (κ2) is 11.9. The quantitative estimate of drug-likeness (QED) is 0.301. The van der Waals surface area contributed by atoms with E-state index in [1.54, 1.807) is 29.1 Å². The number of hydrogen-bond donors (Lipinski definition) is 3. The highest BCUT2D eigenvalue weighted by Crippen LogP contribution is 2.38. The predicted molar refractivity (Wildman–Crippen MR) is 154 cm³/mol. The lowest BCUT2D eigenvalue weighted by Crippen LogP contribution is -2.36. The Bertz CT molecular complexity index is 1350. The molecule has 40 heavy (non-hydrogen) atoms. The fraction of sp³-hybridized carbons (Fsp3) is 0.483. The number of anilines is 2. The summed E-state index contributed by atoms with van der Waals surface area (Å²) in [6.45, 7) is 12.0. The molecular formula is C29H38F3N7O. The van der Waals surface area contributed by atoms with E-state index in [0.29, 0.717) is 41.7 Å². The summed E-state index contributed by atoms with van der Waals surface area (Å²) < 4.78 is 42.9. The monoisotopic (exact) mass is 557 g/mol. The van der Waals surface area contributed by atoms with Gasteiger partial charge in [0.2, 0.25) is 0 Å². The van der Waals surface area contributed by atoms with Crippen LogP contribution >= 0.6 is 0 Å². The third-order valence-electron chi connectivity index (χ3n) is 7.06. The largest absolute Gasteiger partial charge is 0.417 e. The summed E-state index contributed by atoms with van der Waals surface area (Å²) in [6, 6.07) is 7.30. The summed E-state index contributed by atoms with van der Waals surface area (Å²) in [7, 11) is 2.08. The molecular weight excluding hydrogens is 519 g/mol. The first-order chi connectivity index (χ1) is 18.8. The Balaban J connectivity index is 1.46. The number of likely N-dealkylation sites (tertiary alicyclic amines) is 1. The van der Waals surface area contributed by atoms with Gasteiger partial charge in [0.1, 0.15) is 5.82 Å². The number of piperidine rings is 1. The Morgan fingerprint density at radius 3 is 2.50 bits per heavy atom. The Morgan fingerprint density at radius 2 is 1.85 bits per heavy atom. The first-order valence-electron chi connectivity index (χ1n) is 13.6. The van der Waals surface area contributed by atoms with Crippen molar-refractivity contribution in [1.82, 2.24) is 25.0 Å². The van der Waals surface area contributed by atoms with Crippen molar-refractivity contribution < 1.29 is 18.0 Å². The van der Waals surface area contributed by atoms with E-state index in [1.165, 1.54) is 6.20 Å². The van der Waals surface area contributed by atoms with Crippen molar-refractivity contribution in [1.29, 1.82) is 0 Å². The maximum absolute atomic E-state index is 13.7. The smallest absolute Gasteiger partial charge is 0.382 e. The third kappa shape index (κ3) is 7.12. The van der Waals surface area contributed by atoms with E-state index in [0.717, 1.165) is 31.6 Å². The average Bonchev–Trinajstić information content (AvgIpc) is 3.40. The Kier molecular flexibility index (Phi) is 8.72. The molecule has 2 aromatic heterocycles. The standard InChI is InChI=1S/C29H38F3N7O/c1-19(29(30,31)32)26-22-8-6-9-24(36-21-10-14-38(5)15-11-21)23(22)16-25(37-26)33-12-7-13-34-27(40)20-17-35-39(18-20)28(2,3)4/h6,8-9,16-18,21,36H,1,7,10-15H2,2-5H3,(H,33,37)(H,34,40). The van der Waals surface area contributed by atoms with Crippen molar-refractivity contribution in [2.24, 2.45) is 0 Å². The summed E-state index contributed by atoms with van der Waals surface area (Å²) in [5.41, 5.74) is -0.158. The van der Waals surface area contributed by atoms with Gasteiger partial charge in [0.25, 0.3) is 5.91 Å². The average molecular weight is 558 g/mol. The van der Waals surface area contributed by atoms with Gasteiger partial charge < -0.3 is 20.9 Å². The first-order valence-corrected chi connectivity index (χ1v) is 13.6. The van der Waals surface area contributed by atoms with Gasteiger partial charge in [-0.2, -0.15) is 18.3 Å². The predicted octanol–water partition coefficient (Wildman–Crippen LogP) is 5.50. The van der Waals surface area contributed by atoms with Crippen LogP contribution in [-0.2, 0) is 5.54 Å². The maximum atomic E-state index is 13.7. The van der Waals surface area contributed by atoms with Crippen LogP contribution in [0.15, 0.2) is 43.2 Å². The highest BCUT2D eigenvalue weighted by molar-refractivity contribution is 6.01. The molecule has 0 aliphatic carbocycles. The second-order valence-corrected chi connectivity index (χ2v) is 11.3. The van der Waals surface area contributed by atoms with Crippen LogP contribution in [0, 0.1) is 0 Å². The van der Waals surface area contributed by atoms with E-state index < -0.39 is 11.7 Å². The lowest BCUT2D eigenvalue weighted by Gasteiger charge is -2.30. The minimum absolute atomic E-state index is 0.191. The molecule has 0 radical (unpaired) electrons. The second-order valence-electron chi connectivity index (χ2n) is 11.3. The fourth-order valence-electron chi connectivity index (χ4n) is 4.65. The molecule has 1 aromatic carbocycles. The summed E-state index contributed by atoms with van der Waals surface area (Å²) in [6.07, 6.45) is 1.08. The van der Waals surface area contributed by atoms with E-state index in [2.05, 4.69) is 44.6 Å². The SMILES string of the molecule is C=C(c1nc(NCCCNC(=O)c2cnn(C(C)(C)C)c2)cc2c(NC3CCN(C)CC3)cccc12)C(F)(F)F. The number of rotatable bonds is 9. The maximum Gasteiger partial charge on any atom is 0.417 e. The van der Waals surface area contributed by atoms with Crippen molar-refractivity contribution >= 4 is 33.8 Å². The van der Waals surface area contributed by atoms with Crippen molar-refractivity contribution in [2.75, 3.05) is 43.9 Å². The van der Waals surface area contributed by atoms with Crippen LogP contribution in [0.3, 0.4) is 0 Å². The van der Waals surface area contributed by atoms with Crippen LogP contribution in [0.25, 0.3) is 16.3 Å². The van der Waals surface area contributed by atoms with Gasteiger partial charge in [-0.05, 0) is 72.3 Å². The number of carbonyl (C=O) groups excluding carboxylic acids is 1. The van der Waals surface area contributed by atoms with E-state index in [1.807, 2.05) is 26.8 Å². The van der Waals surface area contributed by atoms with Crippen LogP contribution in [-0.4, -0.2) is 71.0 Å². The molecule has 0 spiro atoms. The number of amides is 1. The van der Waals surface area contributed by atoms with Crippen molar-refractivity contribution in [3.63, 3.8) is 0 Å². The minimum atomic E-state index is -4.61. The van der Waals surface area contributed by atoms with Crippen LogP contribution in [0.4, 0.5) is 24.7 Å². The highest BCUT2D eigenvalue weighted by atomic mass is 19.4. The number of nitrogens with one attached hydrogen (secondary N) is 3. The van der Waals surface area contributed by atoms with Crippen molar-refractivity contribution in [3.8, 4) is 0 Å². The number of halogens is 3. The molecule has 4 rings (SSSR count). The van der Waals surface area contributed by atoms with E-state index in [9.17, 15) is 18.0 Å². The molecule has 3 N–H and O–H groups in total. The van der Waals surface area contributed by atoms with E-state index >= 15 is 0 Å². The number of nitrogens with zero attached hydrogens (tertiary/aromatic N) is 4. The van der Waals surface area contributed by atoms with Gasteiger partial charge in [-0.1, -0.05) is 18.7 Å². The Labute approximate surface area is 233 Å². The molecule has 1 amide bonds. The number of hydrogen-bond acceptors (Lipinski definition) is 6. The van der Waals surface area contributed by atoms with Crippen LogP contribution < -0.4 is 16.0 Å². The Morgan fingerprint density at radius 1 is 1.12 bits per heavy atom. The number of pyridine rings is 1. The lowest BCUT2D eigenvalue weighted by atomic mass is 10.0. The zero-order valence-corrected chi connectivity index (χ0v) is 23.5. The zero-order chi connectivity index (χ0) is 29.1. The zero-order valence-electron chi connectivity index (χ0n) is 23.5. The van der Waals surface area contributed by atoms with Crippen molar-refractivity contribution in [2.45, 2.75) is 57.8 Å². The Hall–Kier alpha value is -3.60. The molecule has 0 bridgehead atoms. The number of alkyl halides is 3. The number of benzene rings is 1. The normalized spacial score (nSPS) is 15.3. The summed E-state index contributed by atoms with van der Waals surface area (Å²) in [5.74, 6) is 0.0935. The molecule has 11 heteroatoms. The topological polar surface area (TPSA) is 87.1 Å². The van der Waals surface area contributed by atoms with Gasteiger partial charge >= 0.3 is 6.18 Å². The van der Waals surface area contributed by atoms with E-state index in [-0.39, 0.29) is 23.2 Å². The number of allylic oxidation sites excluding steroid dienone is 1. The molecule has 216 valence electrons. The lowest BCUT2D eigenvalue weighted by molar-refractivity contribution is -0.0688. The van der Waals surface area contributed by atoms with Gasteiger partial charge in [0.05, 0.1) is 28.6 Å². The van der Waals surface area contributed by atoms with Gasteiger partial charge in [-0.3, -0.25) is 9.48 Å². The summed E-state index contributed by atoms with van der Waals surface area (Å²) in [5, 5.41) is 14.8. The van der Waals surface area contributed by atoms with Crippen LogP contribution in [0.5, 0.6) is 0 Å². The highest BCUT2D eigenvalue weighted by Gasteiger charge is 2.35. The van der Waals surface area contributed by atoms with Crippen molar-refractivity contribution in [3.05, 3.63) is 54.5 Å². The molecule has 0 unspecified atom stereocenters. The van der Waals surface area contributed by atoms with Crippen LogP contribution in [0.2, 0.25) is 0 Å². The number of fused-ring (bicyclic) bond motifs is 1. The third-order valence-corrected chi connectivity index (χ3v) is 7.06. The molecule has 1 fully saturated rings. The molecule has 1 aliphatic heterocycles. The molecule has 0 atom stereocenters.